The molecule has 0 heterocycles. The first-order chi connectivity index (χ1) is 12.9. The highest BCUT2D eigenvalue weighted by molar-refractivity contribution is 8.00. The summed E-state index contributed by atoms with van der Waals surface area (Å²) in [7, 11) is 1.60. The van der Waals surface area contributed by atoms with Crippen molar-refractivity contribution in [3.63, 3.8) is 0 Å². The third-order valence-corrected chi connectivity index (χ3v) is 4.76. The van der Waals surface area contributed by atoms with Gasteiger partial charge >= 0.3 is 0 Å². The van der Waals surface area contributed by atoms with Gasteiger partial charge in [-0.15, -0.1) is 11.8 Å². The third-order valence-electron chi connectivity index (χ3n) is 3.82. The zero-order valence-electron chi connectivity index (χ0n) is 15.5. The van der Waals surface area contributed by atoms with Gasteiger partial charge in [0.05, 0.1) is 24.7 Å². The molecule has 2 rings (SSSR count). The lowest BCUT2D eigenvalue weighted by Gasteiger charge is -2.18. The molecule has 2 aromatic rings. The number of thioether (sulfide) groups is 1. The molecule has 0 fully saturated rings. The summed E-state index contributed by atoms with van der Waals surface area (Å²) in [4.78, 5) is 24.0. The van der Waals surface area contributed by atoms with E-state index in [-0.39, 0.29) is 35.2 Å². The number of benzene rings is 2. The van der Waals surface area contributed by atoms with Crippen molar-refractivity contribution in [1.29, 1.82) is 0 Å². The maximum Gasteiger partial charge on any atom is 0.234 e. The van der Waals surface area contributed by atoms with Crippen LogP contribution in [0.2, 0.25) is 0 Å². The van der Waals surface area contributed by atoms with Gasteiger partial charge < -0.3 is 15.4 Å². The first-order valence-corrected chi connectivity index (χ1v) is 9.61. The van der Waals surface area contributed by atoms with Crippen LogP contribution in [0.3, 0.4) is 0 Å². The first kappa shape index (κ1) is 20.8. The Morgan fingerprint density at radius 1 is 1.11 bits per heavy atom. The lowest BCUT2D eigenvalue weighted by atomic mass is 10.0. The number of methoxy groups -OCH3 is 1. The van der Waals surface area contributed by atoms with Crippen molar-refractivity contribution in [2.45, 2.75) is 19.9 Å². The Morgan fingerprint density at radius 2 is 1.78 bits per heavy atom. The Bertz CT molecular complexity index is 796. The van der Waals surface area contributed by atoms with Crippen molar-refractivity contribution in [3.8, 4) is 5.75 Å². The molecule has 0 aliphatic rings. The Labute approximate surface area is 162 Å². The monoisotopic (exact) mass is 390 g/mol. The molecular formula is C20H23FN2O3S. The second-order valence-corrected chi connectivity index (χ2v) is 7.07. The molecule has 2 amide bonds. The third kappa shape index (κ3) is 6.60. The van der Waals surface area contributed by atoms with Gasteiger partial charge in [0.15, 0.2) is 0 Å². The van der Waals surface area contributed by atoms with Gasteiger partial charge in [0.1, 0.15) is 11.6 Å². The maximum absolute atomic E-state index is 12.8. The fraction of sp³-hybridized carbons (Fsp3) is 0.300. The van der Waals surface area contributed by atoms with E-state index in [0.29, 0.717) is 5.69 Å². The summed E-state index contributed by atoms with van der Waals surface area (Å²) < 4.78 is 18.2. The van der Waals surface area contributed by atoms with Crippen LogP contribution in [-0.4, -0.2) is 30.4 Å². The topological polar surface area (TPSA) is 67.4 Å². The Kier molecular flexibility index (Phi) is 7.67. The molecule has 1 atom stereocenters. The fourth-order valence-corrected chi connectivity index (χ4v) is 3.15. The normalized spacial score (nSPS) is 11.6. The number of carbonyl (C=O) groups is 2. The van der Waals surface area contributed by atoms with E-state index < -0.39 is 0 Å². The Hall–Kier alpha value is -2.54. The molecule has 0 saturated heterocycles. The molecule has 0 radical (unpaired) electrons. The van der Waals surface area contributed by atoms with E-state index in [1.54, 1.807) is 7.11 Å². The second kappa shape index (κ2) is 9.97. The predicted molar refractivity (Wildman–Crippen MR) is 107 cm³/mol. The molecule has 5 nitrogen and oxygen atoms in total. The number of hydrogen-bond acceptors (Lipinski definition) is 4. The molecule has 0 spiro atoms. The zero-order chi connectivity index (χ0) is 19.8. The van der Waals surface area contributed by atoms with Crippen LogP contribution >= 0.6 is 11.8 Å². The van der Waals surface area contributed by atoms with Crippen LogP contribution in [0.25, 0.3) is 0 Å². The van der Waals surface area contributed by atoms with E-state index in [1.807, 2.05) is 32.0 Å². The number of anilines is 1. The fourth-order valence-electron chi connectivity index (χ4n) is 2.52. The van der Waals surface area contributed by atoms with Gasteiger partial charge in [0, 0.05) is 11.3 Å². The number of halogens is 1. The molecule has 0 aromatic heterocycles. The van der Waals surface area contributed by atoms with Crippen molar-refractivity contribution in [2.24, 2.45) is 0 Å². The molecule has 0 saturated carbocycles. The number of amides is 2. The number of nitrogens with one attached hydrogen (secondary N) is 2. The van der Waals surface area contributed by atoms with Crippen molar-refractivity contribution in [1.82, 2.24) is 5.32 Å². The van der Waals surface area contributed by atoms with Crippen LogP contribution in [0.4, 0.5) is 10.1 Å². The molecule has 0 unspecified atom stereocenters. The lowest BCUT2D eigenvalue weighted by Crippen LogP contribution is -2.29. The summed E-state index contributed by atoms with van der Waals surface area (Å²) >= 11 is 1.21. The summed E-state index contributed by atoms with van der Waals surface area (Å²) in [6.45, 7) is 3.87. The largest absolute Gasteiger partial charge is 0.496 e. The van der Waals surface area contributed by atoms with Crippen molar-refractivity contribution >= 4 is 29.3 Å². The van der Waals surface area contributed by atoms with Crippen molar-refractivity contribution in [3.05, 3.63) is 59.4 Å². The van der Waals surface area contributed by atoms with Crippen molar-refractivity contribution < 1.29 is 18.7 Å². The minimum atomic E-state index is -0.363. The Balaban J connectivity index is 1.78. The SMILES string of the molecule is COc1ccc(C)cc1[C@@H](C)NC(=O)CSCC(=O)Nc1ccc(F)cc1. The van der Waals surface area contributed by atoms with Gasteiger partial charge in [0.25, 0.3) is 0 Å². The minimum absolute atomic E-state index is 0.132. The summed E-state index contributed by atoms with van der Waals surface area (Å²) in [5.74, 6) is 0.249. The number of hydrogen-bond donors (Lipinski definition) is 2. The molecule has 0 bridgehead atoms. The molecule has 7 heteroatoms. The second-order valence-electron chi connectivity index (χ2n) is 6.08. The lowest BCUT2D eigenvalue weighted by molar-refractivity contribution is -0.119. The van der Waals surface area contributed by atoms with Crippen LogP contribution in [0.1, 0.15) is 24.1 Å². The van der Waals surface area contributed by atoms with Crippen molar-refractivity contribution in [2.75, 3.05) is 23.9 Å². The average molecular weight is 390 g/mol. The van der Waals surface area contributed by atoms with Gasteiger partial charge in [-0.25, -0.2) is 4.39 Å². The molecular weight excluding hydrogens is 367 g/mol. The number of aryl methyl sites for hydroxylation is 1. The van der Waals surface area contributed by atoms with Gasteiger partial charge in [0.2, 0.25) is 11.8 Å². The molecule has 2 aromatic carbocycles. The minimum Gasteiger partial charge on any atom is -0.496 e. The molecule has 144 valence electrons. The smallest absolute Gasteiger partial charge is 0.234 e. The summed E-state index contributed by atoms with van der Waals surface area (Å²) in [5.41, 5.74) is 2.51. The molecule has 0 aliphatic heterocycles. The Morgan fingerprint density at radius 3 is 2.44 bits per heavy atom. The van der Waals surface area contributed by atoms with Crippen LogP contribution in [0.15, 0.2) is 42.5 Å². The van der Waals surface area contributed by atoms with E-state index >= 15 is 0 Å². The summed E-state index contributed by atoms with van der Waals surface area (Å²) in [5, 5.41) is 5.57. The summed E-state index contributed by atoms with van der Waals surface area (Å²) in [6.07, 6.45) is 0. The van der Waals surface area contributed by atoms with Gasteiger partial charge in [-0.2, -0.15) is 0 Å². The summed E-state index contributed by atoms with van der Waals surface area (Å²) in [6, 6.07) is 11.1. The number of carbonyl (C=O) groups excluding carboxylic acids is 2. The van der Waals surface area contributed by atoms with E-state index in [9.17, 15) is 14.0 Å². The number of rotatable bonds is 8. The van der Waals surface area contributed by atoms with E-state index in [4.69, 9.17) is 4.74 Å². The molecule has 0 aliphatic carbocycles. The molecule has 2 N–H and O–H groups in total. The van der Waals surface area contributed by atoms with E-state index in [2.05, 4.69) is 10.6 Å². The van der Waals surface area contributed by atoms with Crippen LogP contribution in [0.5, 0.6) is 5.75 Å². The zero-order valence-corrected chi connectivity index (χ0v) is 16.4. The quantitative estimate of drug-likeness (QED) is 0.721. The predicted octanol–water partition coefficient (Wildman–Crippen LogP) is 3.69. The average Bonchev–Trinajstić information content (AvgIpc) is 2.63. The highest BCUT2D eigenvalue weighted by Crippen LogP contribution is 2.26. The van der Waals surface area contributed by atoms with Gasteiger partial charge in [-0.1, -0.05) is 17.7 Å². The van der Waals surface area contributed by atoms with Crippen LogP contribution in [0, 0.1) is 12.7 Å². The first-order valence-electron chi connectivity index (χ1n) is 8.46. The number of ether oxygens (including phenoxy) is 1. The van der Waals surface area contributed by atoms with Gasteiger partial charge in [-0.05, 0) is 44.2 Å². The van der Waals surface area contributed by atoms with Gasteiger partial charge in [-0.3, -0.25) is 9.59 Å². The van der Waals surface area contributed by atoms with E-state index in [1.165, 1.54) is 36.0 Å². The standard InChI is InChI=1S/C20H23FN2O3S/c1-13-4-9-18(26-3)17(10-13)14(2)22-19(24)11-27-12-20(25)23-16-7-5-15(21)6-8-16/h4-10,14H,11-12H2,1-3H3,(H,22,24)(H,23,25)/t14-/m1/s1. The highest BCUT2D eigenvalue weighted by Gasteiger charge is 2.15. The van der Waals surface area contributed by atoms with Crippen LogP contribution < -0.4 is 15.4 Å². The van der Waals surface area contributed by atoms with E-state index in [0.717, 1.165) is 16.9 Å². The highest BCUT2D eigenvalue weighted by atomic mass is 32.2. The maximum atomic E-state index is 12.8. The van der Waals surface area contributed by atoms with Crippen LogP contribution in [-0.2, 0) is 9.59 Å². The molecule has 27 heavy (non-hydrogen) atoms.